The van der Waals surface area contributed by atoms with Crippen LogP contribution in [0, 0.1) is 28.5 Å². The van der Waals surface area contributed by atoms with E-state index in [0.29, 0.717) is 12.1 Å². The molecule has 0 saturated heterocycles. The Hall–Kier alpha value is -3.46. The van der Waals surface area contributed by atoms with E-state index in [9.17, 15) is 22.7 Å². The number of aromatic hydroxyl groups is 1. The van der Waals surface area contributed by atoms with Crippen LogP contribution in [0.4, 0.5) is 23.2 Å². The Morgan fingerprint density at radius 2 is 1.92 bits per heavy atom. The van der Waals surface area contributed by atoms with Gasteiger partial charge in [-0.3, -0.25) is 0 Å². The van der Waals surface area contributed by atoms with E-state index in [-0.39, 0.29) is 16.9 Å². The van der Waals surface area contributed by atoms with Crippen LogP contribution in [-0.2, 0) is 6.18 Å². The van der Waals surface area contributed by atoms with Gasteiger partial charge in [-0.15, -0.1) is 0 Å². The molecule has 1 N–H and O–H groups in total. The predicted molar refractivity (Wildman–Crippen MR) is 73.8 cm³/mol. The number of benzene rings is 1. The first-order valence-corrected chi connectivity index (χ1v) is 6.22. The highest BCUT2D eigenvalue weighted by Crippen LogP contribution is 2.34. The molecule has 0 spiro atoms. The number of hydrogen-bond acceptors (Lipinski definition) is 5. The number of aromatic nitrogens is 1. The second kappa shape index (κ2) is 6.34. The molecule has 1 aromatic heterocycles. The molecule has 1 aromatic carbocycles. The second-order valence-corrected chi connectivity index (χ2v) is 4.40. The largest absolute Gasteiger partial charge is 0.504 e. The van der Waals surface area contributed by atoms with Crippen LogP contribution in [0.25, 0.3) is 0 Å². The number of halogens is 4. The summed E-state index contributed by atoms with van der Waals surface area (Å²) in [7, 11) is 0. The molecule has 9 heteroatoms. The van der Waals surface area contributed by atoms with Gasteiger partial charge in [0.05, 0.1) is 16.8 Å². The Bertz CT molecular complexity index is 907. The maximum atomic E-state index is 13.3. The summed E-state index contributed by atoms with van der Waals surface area (Å²) in [6, 6.07) is 6.34. The van der Waals surface area contributed by atoms with Crippen molar-refractivity contribution in [3.8, 4) is 17.9 Å². The topological polar surface area (TPSA) is 93.1 Å². The maximum absolute atomic E-state index is 13.3. The number of hydrogen-bond donors (Lipinski definition) is 1. The molecule has 24 heavy (non-hydrogen) atoms. The number of nitrogens with zero attached hydrogens (tertiary/aromatic N) is 4. The van der Waals surface area contributed by atoms with E-state index in [1.165, 1.54) is 6.07 Å². The second-order valence-electron chi connectivity index (χ2n) is 4.40. The van der Waals surface area contributed by atoms with Crippen LogP contribution >= 0.6 is 0 Å². The van der Waals surface area contributed by atoms with Crippen molar-refractivity contribution in [2.24, 2.45) is 4.99 Å². The third-order valence-corrected chi connectivity index (χ3v) is 2.89. The normalized spacial score (nSPS) is 11.7. The van der Waals surface area contributed by atoms with Crippen LogP contribution in [0.3, 0.4) is 0 Å². The predicted octanol–water partition coefficient (Wildman–Crippen LogP) is 3.46. The lowest BCUT2D eigenvalue weighted by Crippen LogP contribution is -2.07. The molecule has 0 saturated carbocycles. The molecule has 2 aromatic rings. The fourth-order valence-corrected chi connectivity index (χ4v) is 1.80. The van der Waals surface area contributed by atoms with E-state index in [4.69, 9.17) is 10.5 Å². The zero-order chi connectivity index (χ0) is 17.9. The zero-order valence-electron chi connectivity index (χ0n) is 11.6. The van der Waals surface area contributed by atoms with Gasteiger partial charge in [0.1, 0.15) is 18.0 Å². The molecule has 0 fully saturated rings. The summed E-state index contributed by atoms with van der Waals surface area (Å²) in [5, 5.41) is 27.7. The molecular weight excluding hydrogens is 328 g/mol. The van der Waals surface area contributed by atoms with Crippen molar-refractivity contribution in [1.82, 2.24) is 4.98 Å². The lowest BCUT2D eigenvalue weighted by Gasteiger charge is -2.08. The number of rotatable bonds is 2. The van der Waals surface area contributed by atoms with Crippen LogP contribution in [0.1, 0.15) is 16.8 Å². The first-order valence-electron chi connectivity index (χ1n) is 6.22. The monoisotopic (exact) mass is 334 g/mol. The first-order chi connectivity index (χ1) is 11.3. The maximum Gasteiger partial charge on any atom is 0.419 e. The molecule has 0 unspecified atom stereocenters. The van der Waals surface area contributed by atoms with E-state index in [2.05, 4.69) is 9.98 Å². The van der Waals surface area contributed by atoms with Gasteiger partial charge < -0.3 is 5.11 Å². The Balaban J connectivity index is 2.58. The smallest absolute Gasteiger partial charge is 0.419 e. The SMILES string of the molecule is N#C/C(=N\c1ccc(F)c(C(F)(F)F)c1)c1ccnc(C#N)c1O. The number of pyridine rings is 1. The van der Waals surface area contributed by atoms with Crippen LogP contribution in [0.15, 0.2) is 35.5 Å². The lowest BCUT2D eigenvalue weighted by molar-refractivity contribution is -0.139. The minimum Gasteiger partial charge on any atom is -0.504 e. The van der Waals surface area contributed by atoms with Gasteiger partial charge in [0.25, 0.3) is 0 Å². The van der Waals surface area contributed by atoms with Crippen molar-refractivity contribution in [1.29, 1.82) is 10.5 Å². The van der Waals surface area contributed by atoms with E-state index < -0.39 is 29.0 Å². The molecule has 0 atom stereocenters. The third-order valence-electron chi connectivity index (χ3n) is 2.89. The van der Waals surface area contributed by atoms with Crippen molar-refractivity contribution in [2.45, 2.75) is 6.18 Å². The Morgan fingerprint density at radius 1 is 1.21 bits per heavy atom. The summed E-state index contributed by atoms with van der Waals surface area (Å²) in [6.45, 7) is 0. The van der Waals surface area contributed by atoms with Crippen molar-refractivity contribution >= 4 is 11.4 Å². The molecule has 0 aliphatic carbocycles. The summed E-state index contributed by atoms with van der Waals surface area (Å²) in [4.78, 5) is 7.26. The van der Waals surface area contributed by atoms with Crippen molar-refractivity contribution in [3.05, 3.63) is 53.1 Å². The minimum absolute atomic E-state index is 0.179. The highest BCUT2D eigenvalue weighted by atomic mass is 19.4. The zero-order valence-corrected chi connectivity index (χ0v) is 11.6. The quantitative estimate of drug-likeness (QED) is 0.672. The molecule has 120 valence electrons. The van der Waals surface area contributed by atoms with Gasteiger partial charge in [-0.1, -0.05) is 0 Å². The molecule has 0 bridgehead atoms. The van der Waals surface area contributed by atoms with Crippen molar-refractivity contribution < 1.29 is 22.7 Å². The first kappa shape index (κ1) is 16.9. The van der Waals surface area contributed by atoms with Gasteiger partial charge in [0, 0.05) is 6.20 Å². The molecule has 0 aliphatic heterocycles. The number of alkyl halides is 3. The standard InChI is InChI=1S/C15H6F4N4O/c16-11-2-1-8(5-10(11)15(17,18)19)23-12(6-20)9-3-4-22-13(7-21)14(9)24/h1-5,24H/b23-12+. The van der Waals surface area contributed by atoms with Crippen LogP contribution in [-0.4, -0.2) is 15.8 Å². The average molecular weight is 334 g/mol. The van der Waals surface area contributed by atoms with Gasteiger partial charge in [-0.25, -0.2) is 14.4 Å². The van der Waals surface area contributed by atoms with Crippen LogP contribution in [0.2, 0.25) is 0 Å². The van der Waals surface area contributed by atoms with Crippen molar-refractivity contribution in [3.63, 3.8) is 0 Å². The van der Waals surface area contributed by atoms with Gasteiger partial charge in [0.15, 0.2) is 17.2 Å². The van der Waals surface area contributed by atoms with E-state index in [1.807, 2.05) is 0 Å². The van der Waals surface area contributed by atoms with Gasteiger partial charge in [0.2, 0.25) is 0 Å². The highest BCUT2D eigenvalue weighted by molar-refractivity contribution is 6.14. The van der Waals surface area contributed by atoms with E-state index in [1.54, 1.807) is 12.1 Å². The highest BCUT2D eigenvalue weighted by Gasteiger charge is 2.34. The molecular formula is C15H6F4N4O. The summed E-state index contributed by atoms with van der Waals surface area (Å²) >= 11 is 0. The van der Waals surface area contributed by atoms with Gasteiger partial charge >= 0.3 is 6.18 Å². The Kier molecular flexibility index (Phi) is 4.47. The Morgan fingerprint density at radius 3 is 2.50 bits per heavy atom. The average Bonchev–Trinajstić information content (AvgIpc) is 2.53. The Labute approximate surface area is 132 Å². The van der Waals surface area contributed by atoms with Crippen LogP contribution < -0.4 is 0 Å². The number of aliphatic imine (C=N–C) groups is 1. The molecule has 1 heterocycles. The van der Waals surface area contributed by atoms with E-state index >= 15 is 0 Å². The molecule has 5 nitrogen and oxygen atoms in total. The summed E-state index contributed by atoms with van der Waals surface area (Å²) < 4.78 is 51.3. The molecule has 0 aliphatic rings. The molecule has 0 amide bonds. The van der Waals surface area contributed by atoms with E-state index in [0.717, 1.165) is 12.3 Å². The van der Waals surface area contributed by atoms with Crippen LogP contribution in [0.5, 0.6) is 5.75 Å². The summed E-state index contributed by atoms with van der Waals surface area (Å²) in [5.74, 6) is -2.10. The summed E-state index contributed by atoms with van der Waals surface area (Å²) in [5.41, 5.74) is -2.87. The summed E-state index contributed by atoms with van der Waals surface area (Å²) in [6.07, 6.45) is -3.79. The number of nitriles is 2. The van der Waals surface area contributed by atoms with Gasteiger partial charge in [-0.2, -0.15) is 23.7 Å². The molecule has 2 rings (SSSR count). The fraction of sp³-hybridized carbons (Fsp3) is 0.0667. The van der Waals surface area contributed by atoms with Crippen molar-refractivity contribution in [2.75, 3.05) is 0 Å². The van der Waals surface area contributed by atoms with Gasteiger partial charge in [-0.05, 0) is 24.3 Å². The molecule has 0 radical (unpaired) electrons. The fourth-order valence-electron chi connectivity index (χ4n) is 1.80. The lowest BCUT2D eigenvalue weighted by atomic mass is 10.1. The third kappa shape index (κ3) is 3.31. The minimum atomic E-state index is -4.92.